The number of ether oxygens (including phenoxy) is 1. The van der Waals surface area contributed by atoms with Gasteiger partial charge in [-0.25, -0.2) is 4.72 Å². The van der Waals surface area contributed by atoms with Crippen molar-refractivity contribution in [3.8, 4) is 0 Å². The van der Waals surface area contributed by atoms with Crippen molar-refractivity contribution in [1.29, 1.82) is 0 Å². The van der Waals surface area contributed by atoms with Crippen molar-refractivity contribution in [1.82, 2.24) is 4.72 Å². The van der Waals surface area contributed by atoms with Gasteiger partial charge in [0.1, 0.15) is 0 Å². The third-order valence-corrected chi connectivity index (χ3v) is 3.99. The molecule has 2 fully saturated rings. The van der Waals surface area contributed by atoms with E-state index in [9.17, 15) is 26.4 Å². The van der Waals surface area contributed by atoms with Gasteiger partial charge in [-0.15, -0.1) is 0 Å². The van der Waals surface area contributed by atoms with Crippen molar-refractivity contribution in [2.45, 2.75) is 37.0 Å². The molecule has 0 radical (unpaired) electrons. The van der Waals surface area contributed by atoms with E-state index in [0.717, 1.165) is 4.72 Å². The fourth-order valence-corrected chi connectivity index (χ4v) is 2.46. The van der Waals surface area contributed by atoms with Gasteiger partial charge in [0, 0.05) is 5.92 Å². The number of alkyl halides is 3. The number of halogens is 3. The first kappa shape index (κ1) is 12.6. The molecule has 0 bridgehead atoms. The van der Waals surface area contributed by atoms with Gasteiger partial charge in [0.05, 0.1) is 12.2 Å². The summed E-state index contributed by atoms with van der Waals surface area (Å²) in [5, 5.41) is 0. The molecule has 1 saturated carbocycles. The lowest BCUT2D eigenvalue weighted by Crippen LogP contribution is -2.43. The Hall–Kier alpha value is -0.830. The Balaban J connectivity index is 1.97. The standard InChI is InChI=1S/C8H10F3NO4S/c9-8(10,11)17(14,15)12-7(13)4-1-2-5-6(3-4)16-5/h4-6H,1-3H2,(H,12,13). The molecule has 5 nitrogen and oxygen atoms in total. The summed E-state index contributed by atoms with van der Waals surface area (Å²) in [4.78, 5) is 11.4. The number of rotatable bonds is 2. The summed E-state index contributed by atoms with van der Waals surface area (Å²) in [7, 11) is -5.59. The zero-order valence-corrected chi connectivity index (χ0v) is 9.35. The van der Waals surface area contributed by atoms with Crippen LogP contribution in [-0.4, -0.2) is 32.0 Å². The zero-order chi connectivity index (χ0) is 12.8. The number of hydrogen-bond acceptors (Lipinski definition) is 4. The first-order valence-electron chi connectivity index (χ1n) is 4.99. The first-order chi connectivity index (χ1) is 7.71. The van der Waals surface area contributed by atoms with Crippen LogP contribution in [0.1, 0.15) is 19.3 Å². The van der Waals surface area contributed by atoms with Crippen molar-refractivity contribution in [2.24, 2.45) is 5.92 Å². The second-order valence-electron chi connectivity index (χ2n) is 4.14. The number of carbonyl (C=O) groups excluding carboxylic acids is 1. The Morgan fingerprint density at radius 2 is 1.88 bits per heavy atom. The molecule has 0 aromatic rings. The van der Waals surface area contributed by atoms with Gasteiger partial charge in [-0.1, -0.05) is 0 Å². The maximum absolute atomic E-state index is 12.0. The van der Waals surface area contributed by atoms with E-state index in [2.05, 4.69) is 0 Å². The fraction of sp³-hybridized carbons (Fsp3) is 0.875. The van der Waals surface area contributed by atoms with Crippen molar-refractivity contribution < 1.29 is 31.1 Å². The molecular formula is C8H10F3NO4S. The van der Waals surface area contributed by atoms with Crippen LogP contribution in [0.5, 0.6) is 0 Å². The van der Waals surface area contributed by atoms with E-state index < -0.39 is 27.4 Å². The summed E-state index contributed by atoms with van der Waals surface area (Å²) < 4.78 is 63.6. The largest absolute Gasteiger partial charge is 0.516 e. The third kappa shape index (κ3) is 2.54. The number of epoxide rings is 1. The van der Waals surface area contributed by atoms with Crippen LogP contribution < -0.4 is 4.72 Å². The molecule has 98 valence electrons. The predicted octanol–water partition coefficient (Wildman–Crippen LogP) is 0.520. The first-order valence-corrected chi connectivity index (χ1v) is 6.47. The molecule has 9 heteroatoms. The van der Waals surface area contributed by atoms with E-state index in [1.54, 1.807) is 0 Å². The van der Waals surface area contributed by atoms with Gasteiger partial charge in [0.15, 0.2) is 0 Å². The summed E-state index contributed by atoms with van der Waals surface area (Å²) in [5.41, 5.74) is -5.46. The van der Waals surface area contributed by atoms with Crippen LogP contribution in [0.4, 0.5) is 13.2 Å². The van der Waals surface area contributed by atoms with Gasteiger partial charge in [0.2, 0.25) is 5.91 Å². The van der Waals surface area contributed by atoms with E-state index >= 15 is 0 Å². The molecule has 2 rings (SSSR count). The lowest BCUT2D eigenvalue weighted by Gasteiger charge is -2.18. The van der Waals surface area contributed by atoms with Crippen molar-refractivity contribution in [2.75, 3.05) is 0 Å². The number of carbonyl (C=O) groups is 1. The van der Waals surface area contributed by atoms with Crippen LogP contribution in [0.2, 0.25) is 0 Å². The Morgan fingerprint density at radius 1 is 1.24 bits per heavy atom. The Labute approximate surface area is 95.4 Å². The minimum Gasteiger partial charge on any atom is -0.370 e. The van der Waals surface area contributed by atoms with Crippen LogP contribution in [0.3, 0.4) is 0 Å². The highest BCUT2D eigenvalue weighted by Crippen LogP contribution is 2.39. The average Bonchev–Trinajstić information content (AvgIpc) is 2.92. The molecule has 2 aliphatic rings. The second kappa shape index (κ2) is 3.84. The average molecular weight is 273 g/mol. The molecule has 0 aromatic heterocycles. The van der Waals surface area contributed by atoms with E-state index in [1.165, 1.54) is 0 Å². The van der Waals surface area contributed by atoms with Gasteiger partial charge < -0.3 is 4.74 Å². The van der Waals surface area contributed by atoms with E-state index in [1.807, 2.05) is 0 Å². The highest BCUT2D eigenvalue weighted by molar-refractivity contribution is 7.90. The molecule has 1 amide bonds. The minimum absolute atomic E-state index is 0.0956. The van der Waals surface area contributed by atoms with E-state index in [0.29, 0.717) is 12.8 Å². The van der Waals surface area contributed by atoms with Gasteiger partial charge in [-0.2, -0.15) is 21.6 Å². The van der Waals surface area contributed by atoms with Crippen LogP contribution in [0.15, 0.2) is 0 Å². The topological polar surface area (TPSA) is 75.8 Å². The van der Waals surface area contributed by atoms with Crippen LogP contribution in [-0.2, 0) is 19.6 Å². The highest BCUT2D eigenvalue weighted by atomic mass is 32.2. The van der Waals surface area contributed by atoms with E-state index in [4.69, 9.17) is 4.74 Å². The predicted molar refractivity (Wildman–Crippen MR) is 49.1 cm³/mol. The summed E-state index contributed by atoms with van der Waals surface area (Å²) in [5.74, 6) is -1.83. The Kier molecular flexibility index (Phi) is 2.85. The van der Waals surface area contributed by atoms with Gasteiger partial charge in [0.25, 0.3) is 0 Å². The van der Waals surface area contributed by atoms with Crippen LogP contribution >= 0.6 is 0 Å². The SMILES string of the molecule is O=C(NS(=O)(=O)C(F)(F)F)C1CCC2OC2C1. The van der Waals surface area contributed by atoms with Crippen molar-refractivity contribution >= 4 is 15.9 Å². The summed E-state index contributed by atoms with van der Waals surface area (Å²) in [6.07, 6.45) is 1.20. The monoisotopic (exact) mass is 273 g/mol. The highest BCUT2D eigenvalue weighted by Gasteiger charge is 2.50. The summed E-state index contributed by atoms with van der Waals surface area (Å²) >= 11 is 0. The zero-order valence-electron chi connectivity index (χ0n) is 8.53. The smallest absolute Gasteiger partial charge is 0.370 e. The third-order valence-electron chi connectivity index (χ3n) is 2.91. The van der Waals surface area contributed by atoms with Gasteiger partial charge >= 0.3 is 15.5 Å². The molecule has 3 unspecified atom stereocenters. The summed E-state index contributed by atoms with van der Waals surface area (Å²) in [6, 6.07) is 0. The lowest BCUT2D eigenvalue weighted by atomic mass is 9.89. The van der Waals surface area contributed by atoms with Crippen molar-refractivity contribution in [3.63, 3.8) is 0 Å². The molecule has 17 heavy (non-hydrogen) atoms. The van der Waals surface area contributed by atoms with Crippen LogP contribution in [0.25, 0.3) is 0 Å². The Bertz CT molecular complexity index is 433. The molecule has 1 aliphatic heterocycles. The maximum Gasteiger partial charge on any atom is 0.516 e. The number of sulfonamides is 1. The number of hydrogen-bond donors (Lipinski definition) is 1. The molecular weight excluding hydrogens is 263 g/mol. The van der Waals surface area contributed by atoms with Gasteiger partial charge in [-0.3, -0.25) is 4.79 Å². The molecule has 1 saturated heterocycles. The lowest BCUT2D eigenvalue weighted by molar-refractivity contribution is -0.124. The maximum atomic E-state index is 12.0. The summed E-state index contributed by atoms with van der Waals surface area (Å²) in [6.45, 7) is 0. The normalized spacial score (nSPS) is 32.8. The molecule has 3 atom stereocenters. The Morgan fingerprint density at radius 3 is 2.41 bits per heavy atom. The molecule has 0 spiro atoms. The van der Waals surface area contributed by atoms with Crippen LogP contribution in [0, 0.1) is 5.92 Å². The number of amides is 1. The van der Waals surface area contributed by atoms with E-state index in [-0.39, 0.29) is 18.6 Å². The second-order valence-corrected chi connectivity index (χ2v) is 5.81. The molecule has 0 aromatic carbocycles. The minimum atomic E-state index is -5.59. The molecule has 1 N–H and O–H groups in total. The number of fused-ring (bicyclic) bond motifs is 1. The quantitative estimate of drug-likeness (QED) is 0.744. The van der Waals surface area contributed by atoms with Crippen molar-refractivity contribution in [3.05, 3.63) is 0 Å². The fourth-order valence-electron chi connectivity index (χ4n) is 1.92. The number of nitrogens with one attached hydrogen (secondary N) is 1. The van der Waals surface area contributed by atoms with Gasteiger partial charge in [-0.05, 0) is 19.3 Å². The molecule has 1 aliphatic carbocycles. The molecule has 1 heterocycles.